The SMILES string of the molecule is Oc1ccc2ccccc2c1N=Nc1nncs1. The number of hydrogen-bond donors (Lipinski definition) is 1. The monoisotopic (exact) mass is 256 g/mol. The lowest BCUT2D eigenvalue weighted by molar-refractivity contribution is 0.477. The molecule has 0 bridgehead atoms. The summed E-state index contributed by atoms with van der Waals surface area (Å²) >= 11 is 1.29. The van der Waals surface area contributed by atoms with Crippen molar-refractivity contribution in [3.8, 4) is 5.75 Å². The van der Waals surface area contributed by atoms with Crippen LogP contribution in [0.4, 0.5) is 10.8 Å². The fourth-order valence-electron chi connectivity index (χ4n) is 1.65. The van der Waals surface area contributed by atoms with Gasteiger partial charge in [0, 0.05) is 5.39 Å². The van der Waals surface area contributed by atoms with Crippen molar-refractivity contribution < 1.29 is 5.11 Å². The van der Waals surface area contributed by atoms with Crippen molar-refractivity contribution in [1.29, 1.82) is 0 Å². The van der Waals surface area contributed by atoms with Gasteiger partial charge in [0.1, 0.15) is 16.9 Å². The minimum atomic E-state index is 0.0990. The van der Waals surface area contributed by atoms with Crippen molar-refractivity contribution in [3.05, 3.63) is 41.9 Å². The Labute approximate surface area is 106 Å². The summed E-state index contributed by atoms with van der Waals surface area (Å²) in [6, 6.07) is 11.1. The van der Waals surface area contributed by atoms with Gasteiger partial charge in [0.25, 0.3) is 5.13 Å². The summed E-state index contributed by atoms with van der Waals surface area (Å²) in [5, 5.41) is 27.6. The number of azo groups is 1. The number of rotatable bonds is 2. The smallest absolute Gasteiger partial charge is 0.251 e. The summed E-state index contributed by atoms with van der Waals surface area (Å²) in [6.07, 6.45) is 0. The highest BCUT2D eigenvalue weighted by Gasteiger charge is 2.05. The van der Waals surface area contributed by atoms with Crippen molar-refractivity contribution in [2.24, 2.45) is 10.2 Å². The molecule has 0 radical (unpaired) electrons. The molecule has 0 amide bonds. The number of hydrogen-bond acceptors (Lipinski definition) is 6. The van der Waals surface area contributed by atoms with Crippen molar-refractivity contribution >= 4 is 32.9 Å². The van der Waals surface area contributed by atoms with Crippen LogP contribution in [0.15, 0.2) is 52.1 Å². The molecule has 1 N–H and O–H groups in total. The van der Waals surface area contributed by atoms with E-state index in [1.165, 1.54) is 11.3 Å². The van der Waals surface area contributed by atoms with E-state index >= 15 is 0 Å². The maximum Gasteiger partial charge on any atom is 0.251 e. The molecule has 0 aliphatic carbocycles. The number of nitrogens with zero attached hydrogens (tertiary/aromatic N) is 4. The van der Waals surface area contributed by atoms with Crippen LogP contribution >= 0.6 is 11.3 Å². The molecule has 0 atom stereocenters. The first-order valence-corrected chi connectivity index (χ1v) is 6.11. The van der Waals surface area contributed by atoms with Crippen LogP contribution in [0.3, 0.4) is 0 Å². The average Bonchev–Trinajstić information content (AvgIpc) is 2.91. The van der Waals surface area contributed by atoms with Gasteiger partial charge in [-0.1, -0.05) is 41.7 Å². The number of fused-ring (bicyclic) bond motifs is 1. The molecule has 0 aliphatic rings. The van der Waals surface area contributed by atoms with Gasteiger partial charge in [-0.2, -0.15) is 0 Å². The predicted molar refractivity (Wildman–Crippen MR) is 69.7 cm³/mol. The van der Waals surface area contributed by atoms with E-state index in [1.807, 2.05) is 30.3 Å². The van der Waals surface area contributed by atoms with E-state index in [1.54, 1.807) is 11.6 Å². The molecular formula is C12H8N4OS. The Morgan fingerprint density at radius 1 is 1.06 bits per heavy atom. The van der Waals surface area contributed by atoms with Gasteiger partial charge in [0.05, 0.1) is 0 Å². The van der Waals surface area contributed by atoms with Crippen LogP contribution in [0, 0.1) is 0 Å². The number of phenolic OH excluding ortho intramolecular Hbond substituents is 1. The zero-order chi connectivity index (χ0) is 12.4. The molecule has 5 nitrogen and oxygen atoms in total. The summed E-state index contributed by atoms with van der Waals surface area (Å²) in [4.78, 5) is 0. The molecule has 3 rings (SSSR count). The van der Waals surface area contributed by atoms with Gasteiger partial charge in [0.15, 0.2) is 0 Å². The number of aromatic nitrogens is 2. The van der Waals surface area contributed by atoms with Crippen LogP contribution in [0.2, 0.25) is 0 Å². The van der Waals surface area contributed by atoms with E-state index in [0.29, 0.717) is 10.8 Å². The Kier molecular flexibility index (Phi) is 2.70. The quantitative estimate of drug-likeness (QED) is 0.708. The Bertz CT molecular complexity index is 709. The summed E-state index contributed by atoms with van der Waals surface area (Å²) in [6.45, 7) is 0. The zero-order valence-corrected chi connectivity index (χ0v) is 10.0. The van der Waals surface area contributed by atoms with Crippen molar-refractivity contribution in [2.45, 2.75) is 0 Å². The molecule has 1 heterocycles. The zero-order valence-electron chi connectivity index (χ0n) is 9.19. The van der Waals surface area contributed by atoms with Crippen LogP contribution in [-0.2, 0) is 0 Å². The molecule has 2 aromatic carbocycles. The second-order valence-electron chi connectivity index (χ2n) is 3.58. The molecule has 0 saturated heterocycles. The maximum atomic E-state index is 9.85. The van der Waals surface area contributed by atoms with E-state index in [-0.39, 0.29) is 5.75 Å². The largest absolute Gasteiger partial charge is 0.506 e. The first-order valence-electron chi connectivity index (χ1n) is 5.23. The van der Waals surface area contributed by atoms with Gasteiger partial charge in [0.2, 0.25) is 0 Å². The standard InChI is InChI=1S/C12H8N4OS/c17-10-6-5-8-3-1-2-4-9(8)11(10)14-16-12-15-13-7-18-12/h1-7,17H. The first-order chi connectivity index (χ1) is 8.84. The second-order valence-corrected chi connectivity index (χ2v) is 4.39. The molecule has 0 saturated carbocycles. The van der Waals surface area contributed by atoms with E-state index in [4.69, 9.17) is 0 Å². The topological polar surface area (TPSA) is 70.7 Å². The highest BCUT2D eigenvalue weighted by molar-refractivity contribution is 7.13. The fraction of sp³-hybridized carbons (Fsp3) is 0. The lowest BCUT2D eigenvalue weighted by Crippen LogP contribution is -1.74. The molecular weight excluding hydrogens is 248 g/mol. The minimum absolute atomic E-state index is 0.0990. The Morgan fingerprint density at radius 2 is 1.94 bits per heavy atom. The van der Waals surface area contributed by atoms with Crippen LogP contribution < -0.4 is 0 Å². The molecule has 0 fully saturated rings. The van der Waals surface area contributed by atoms with Gasteiger partial charge in [-0.25, -0.2) is 0 Å². The minimum Gasteiger partial charge on any atom is -0.506 e. The lowest BCUT2D eigenvalue weighted by Gasteiger charge is -2.02. The van der Waals surface area contributed by atoms with Crippen LogP contribution in [-0.4, -0.2) is 15.3 Å². The maximum absolute atomic E-state index is 9.85. The van der Waals surface area contributed by atoms with E-state index < -0.39 is 0 Å². The number of aromatic hydroxyl groups is 1. The normalized spacial score (nSPS) is 11.3. The summed E-state index contributed by atoms with van der Waals surface area (Å²) < 4.78 is 0. The molecule has 3 aromatic rings. The predicted octanol–water partition coefficient (Wildman–Crippen LogP) is 3.81. The van der Waals surface area contributed by atoms with Crippen LogP contribution in [0.1, 0.15) is 0 Å². The summed E-state index contributed by atoms with van der Waals surface area (Å²) in [5.41, 5.74) is 2.03. The third kappa shape index (κ3) is 1.93. The summed E-state index contributed by atoms with van der Waals surface area (Å²) in [5.74, 6) is 0.0990. The average molecular weight is 256 g/mol. The van der Waals surface area contributed by atoms with Gasteiger partial charge < -0.3 is 5.11 Å². The van der Waals surface area contributed by atoms with E-state index in [9.17, 15) is 5.11 Å². The fourth-order valence-corrected chi connectivity index (χ4v) is 2.02. The Morgan fingerprint density at radius 3 is 2.78 bits per heavy atom. The van der Waals surface area contributed by atoms with Crippen molar-refractivity contribution in [2.75, 3.05) is 0 Å². The second kappa shape index (κ2) is 4.50. The molecule has 0 aliphatic heterocycles. The molecule has 1 aromatic heterocycles. The first kappa shape index (κ1) is 10.8. The highest BCUT2D eigenvalue weighted by Crippen LogP contribution is 2.35. The van der Waals surface area contributed by atoms with Crippen molar-refractivity contribution in [3.63, 3.8) is 0 Å². The van der Waals surface area contributed by atoms with Gasteiger partial charge in [-0.05, 0) is 11.5 Å². The Hall–Kier alpha value is -2.34. The molecule has 6 heteroatoms. The Balaban J connectivity index is 2.13. The van der Waals surface area contributed by atoms with Crippen molar-refractivity contribution in [1.82, 2.24) is 10.2 Å². The third-order valence-corrected chi connectivity index (χ3v) is 3.04. The molecule has 0 spiro atoms. The van der Waals surface area contributed by atoms with E-state index in [2.05, 4.69) is 20.4 Å². The number of phenols is 1. The number of benzene rings is 2. The summed E-state index contributed by atoms with van der Waals surface area (Å²) in [7, 11) is 0. The van der Waals surface area contributed by atoms with Gasteiger partial charge in [-0.15, -0.1) is 20.4 Å². The van der Waals surface area contributed by atoms with Crippen LogP contribution in [0.5, 0.6) is 5.75 Å². The van der Waals surface area contributed by atoms with E-state index in [0.717, 1.165) is 10.8 Å². The highest BCUT2D eigenvalue weighted by atomic mass is 32.1. The van der Waals surface area contributed by atoms with Crippen LogP contribution in [0.25, 0.3) is 10.8 Å². The third-order valence-electron chi connectivity index (χ3n) is 2.46. The lowest BCUT2D eigenvalue weighted by atomic mass is 10.1. The molecule has 18 heavy (non-hydrogen) atoms. The van der Waals surface area contributed by atoms with Gasteiger partial charge in [-0.3, -0.25) is 0 Å². The molecule has 88 valence electrons. The van der Waals surface area contributed by atoms with Gasteiger partial charge >= 0.3 is 0 Å². The molecule has 0 unspecified atom stereocenters.